The summed E-state index contributed by atoms with van der Waals surface area (Å²) in [5, 5.41) is 0.526. The lowest BCUT2D eigenvalue weighted by atomic mass is 9.84. The number of fused-ring (bicyclic) bond motifs is 1. The predicted molar refractivity (Wildman–Crippen MR) is 73.6 cm³/mol. The van der Waals surface area contributed by atoms with Gasteiger partial charge in [-0.25, -0.2) is 0 Å². The summed E-state index contributed by atoms with van der Waals surface area (Å²) in [5.74, 6) is 1.62. The largest absolute Gasteiger partial charge is 0.454 e. The number of hydrogen-bond acceptors (Lipinski definition) is 3. The molecule has 0 amide bonds. The lowest BCUT2D eigenvalue weighted by molar-refractivity contribution is -0.119. The minimum atomic E-state index is 0.129. The fraction of sp³-hybridized carbons (Fsp3) is 0.400. The molecule has 0 N–H and O–H groups in total. The molecule has 1 aromatic carbocycles. The van der Waals surface area contributed by atoms with Crippen molar-refractivity contribution >= 4 is 23.5 Å². The monoisotopic (exact) mass is 278 g/mol. The minimum Gasteiger partial charge on any atom is -0.454 e. The molecule has 0 aromatic heterocycles. The lowest BCUT2D eigenvalue weighted by Gasteiger charge is -2.19. The second-order valence-corrected chi connectivity index (χ2v) is 5.47. The van der Waals surface area contributed by atoms with E-state index >= 15 is 0 Å². The highest BCUT2D eigenvalue weighted by Gasteiger charge is 2.23. The Morgan fingerprint density at radius 3 is 3.05 bits per heavy atom. The molecule has 1 aromatic rings. The Balaban J connectivity index is 1.95. The molecule has 3 rings (SSSR count). The Bertz CT molecular complexity index is 563. The van der Waals surface area contributed by atoms with E-state index in [0.29, 0.717) is 16.5 Å². The topological polar surface area (TPSA) is 35.5 Å². The molecule has 0 unspecified atom stereocenters. The van der Waals surface area contributed by atoms with Gasteiger partial charge in [-0.1, -0.05) is 18.5 Å². The van der Waals surface area contributed by atoms with Crippen molar-refractivity contribution in [2.45, 2.75) is 26.2 Å². The molecule has 1 fully saturated rings. The van der Waals surface area contributed by atoms with E-state index in [2.05, 4.69) is 0 Å². The van der Waals surface area contributed by atoms with Gasteiger partial charge >= 0.3 is 0 Å². The molecule has 1 aliphatic carbocycles. The fourth-order valence-corrected chi connectivity index (χ4v) is 2.86. The summed E-state index contributed by atoms with van der Waals surface area (Å²) in [6.45, 7) is 2.19. The number of rotatable bonds is 1. The molecule has 3 nitrogen and oxygen atoms in total. The molecule has 19 heavy (non-hydrogen) atoms. The van der Waals surface area contributed by atoms with Gasteiger partial charge in [0.1, 0.15) is 0 Å². The first-order chi connectivity index (χ1) is 9.15. The number of halogens is 1. The van der Waals surface area contributed by atoms with Gasteiger partial charge in [0.25, 0.3) is 0 Å². The highest BCUT2D eigenvalue weighted by molar-refractivity contribution is 6.32. The lowest BCUT2D eigenvalue weighted by Crippen LogP contribution is -2.18. The van der Waals surface area contributed by atoms with E-state index in [9.17, 15) is 4.79 Å². The van der Waals surface area contributed by atoms with Crippen molar-refractivity contribution in [3.05, 3.63) is 28.3 Å². The molecule has 0 radical (unpaired) electrons. The number of ketones is 1. The quantitative estimate of drug-likeness (QED) is 0.732. The fourth-order valence-electron chi connectivity index (χ4n) is 2.58. The molecule has 0 bridgehead atoms. The van der Waals surface area contributed by atoms with Crippen molar-refractivity contribution in [1.29, 1.82) is 0 Å². The number of carbonyl (C=O) groups excluding carboxylic acids is 1. The Kier molecular flexibility index (Phi) is 3.23. The van der Waals surface area contributed by atoms with Crippen LogP contribution in [0, 0.1) is 5.92 Å². The highest BCUT2D eigenvalue weighted by Crippen LogP contribution is 2.40. The third-order valence-electron chi connectivity index (χ3n) is 3.64. The van der Waals surface area contributed by atoms with Crippen LogP contribution in [0.4, 0.5) is 0 Å². The third-order valence-corrected chi connectivity index (χ3v) is 3.92. The van der Waals surface area contributed by atoms with Crippen molar-refractivity contribution in [3.63, 3.8) is 0 Å². The van der Waals surface area contributed by atoms with Crippen LogP contribution in [-0.2, 0) is 4.79 Å². The average Bonchev–Trinajstić information content (AvgIpc) is 2.84. The average molecular weight is 279 g/mol. The van der Waals surface area contributed by atoms with Crippen molar-refractivity contribution in [1.82, 2.24) is 0 Å². The van der Waals surface area contributed by atoms with Crippen LogP contribution in [0.2, 0.25) is 5.02 Å². The summed E-state index contributed by atoms with van der Waals surface area (Å²) >= 11 is 6.14. The Morgan fingerprint density at radius 1 is 1.37 bits per heavy atom. The number of allylic oxidation sites excluding steroid dienone is 1. The first-order valence-corrected chi connectivity index (χ1v) is 6.87. The number of Topliss-reactive ketones (excluding diaryl/α,β-unsaturated/α-hetero) is 1. The van der Waals surface area contributed by atoms with Gasteiger partial charge in [0.05, 0.1) is 5.02 Å². The Labute approximate surface area is 117 Å². The van der Waals surface area contributed by atoms with Crippen molar-refractivity contribution in [2.24, 2.45) is 5.92 Å². The van der Waals surface area contributed by atoms with Crippen LogP contribution in [0.25, 0.3) is 6.08 Å². The molecular weight excluding hydrogens is 264 g/mol. The summed E-state index contributed by atoms with van der Waals surface area (Å²) in [5.41, 5.74) is 1.78. The molecule has 1 atom stereocenters. The smallest absolute Gasteiger partial charge is 0.231 e. The van der Waals surface area contributed by atoms with Crippen LogP contribution in [0.3, 0.4) is 0 Å². The van der Waals surface area contributed by atoms with Crippen LogP contribution in [0.1, 0.15) is 31.7 Å². The molecule has 4 heteroatoms. The zero-order valence-electron chi connectivity index (χ0n) is 10.7. The number of carbonyl (C=O) groups is 1. The number of benzene rings is 1. The maximum absolute atomic E-state index is 12.1. The summed E-state index contributed by atoms with van der Waals surface area (Å²) in [6, 6.07) is 3.68. The van der Waals surface area contributed by atoms with E-state index in [-0.39, 0.29) is 18.5 Å². The molecule has 2 aliphatic rings. The number of ether oxygens (including phenoxy) is 2. The van der Waals surface area contributed by atoms with Gasteiger partial charge in [0.15, 0.2) is 17.3 Å². The standard InChI is InChI=1S/C15H15ClO3/c1-9-3-2-4-11(14(9)17)5-10-6-12(16)15-13(7-10)18-8-19-15/h5-7,9H,2-4,8H2,1H3/t9-/m1/s1. The Hall–Kier alpha value is -1.48. The molecule has 1 heterocycles. The van der Waals surface area contributed by atoms with Crippen molar-refractivity contribution in [2.75, 3.05) is 6.79 Å². The zero-order valence-corrected chi connectivity index (χ0v) is 11.5. The van der Waals surface area contributed by atoms with Gasteiger partial charge in [0, 0.05) is 5.92 Å². The van der Waals surface area contributed by atoms with E-state index in [4.69, 9.17) is 21.1 Å². The second-order valence-electron chi connectivity index (χ2n) is 5.06. The first kappa shape index (κ1) is 12.5. The maximum atomic E-state index is 12.1. The third kappa shape index (κ3) is 2.35. The molecule has 1 saturated carbocycles. The zero-order chi connectivity index (χ0) is 13.4. The SMILES string of the molecule is C[C@@H]1CCCC(=Cc2cc(Cl)c3c(c2)OCO3)C1=O. The molecule has 0 spiro atoms. The van der Waals surface area contributed by atoms with Gasteiger partial charge in [-0.05, 0) is 48.6 Å². The van der Waals surface area contributed by atoms with Crippen LogP contribution < -0.4 is 9.47 Å². The minimum absolute atomic E-state index is 0.129. The van der Waals surface area contributed by atoms with E-state index in [1.807, 2.05) is 25.1 Å². The summed E-state index contributed by atoms with van der Waals surface area (Å²) in [6.07, 6.45) is 4.82. The molecule has 0 saturated heterocycles. The van der Waals surface area contributed by atoms with E-state index < -0.39 is 0 Å². The first-order valence-electron chi connectivity index (χ1n) is 6.49. The van der Waals surface area contributed by atoms with Crippen LogP contribution in [-0.4, -0.2) is 12.6 Å². The van der Waals surface area contributed by atoms with Gasteiger partial charge in [-0.15, -0.1) is 0 Å². The van der Waals surface area contributed by atoms with Crippen molar-refractivity contribution in [3.8, 4) is 11.5 Å². The van der Waals surface area contributed by atoms with Crippen LogP contribution in [0.15, 0.2) is 17.7 Å². The van der Waals surface area contributed by atoms with Crippen LogP contribution in [0.5, 0.6) is 11.5 Å². The van der Waals surface area contributed by atoms with E-state index in [1.54, 1.807) is 0 Å². The highest BCUT2D eigenvalue weighted by atomic mass is 35.5. The predicted octanol–water partition coefficient (Wildman–Crippen LogP) is 3.84. The van der Waals surface area contributed by atoms with Gasteiger partial charge in [-0.2, -0.15) is 0 Å². The van der Waals surface area contributed by atoms with Gasteiger partial charge in [-0.3, -0.25) is 4.79 Å². The summed E-state index contributed by atoms with van der Waals surface area (Å²) < 4.78 is 10.6. The van der Waals surface area contributed by atoms with E-state index in [0.717, 1.165) is 30.4 Å². The summed E-state index contributed by atoms with van der Waals surface area (Å²) in [4.78, 5) is 12.1. The second kappa shape index (κ2) is 4.89. The Morgan fingerprint density at radius 2 is 2.21 bits per heavy atom. The van der Waals surface area contributed by atoms with Crippen LogP contribution >= 0.6 is 11.6 Å². The van der Waals surface area contributed by atoms with Gasteiger partial charge < -0.3 is 9.47 Å². The molecule has 100 valence electrons. The number of hydrogen-bond donors (Lipinski definition) is 0. The summed E-state index contributed by atoms with van der Waals surface area (Å²) in [7, 11) is 0. The van der Waals surface area contributed by atoms with Gasteiger partial charge in [0.2, 0.25) is 6.79 Å². The normalized spacial score (nSPS) is 24.0. The van der Waals surface area contributed by atoms with E-state index in [1.165, 1.54) is 0 Å². The van der Waals surface area contributed by atoms with Crippen molar-refractivity contribution < 1.29 is 14.3 Å². The maximum Gasteiger partial charge on any atom is 0.231 e. The molecular formula is C15H15ClO3. The molecule has 1 aliphatic heterocycles.